The fourth-order valence-corrected chi connectivity index (χ4v) is 2.45. The Bertz CT molecular complexity index is 580. The van der Waals surface area contributed by atoms with Gasteiger partial charge < -0.3 is 15.2 Å². The first-order chi connectivity index (χ1) is 9.81. The van der Waals surface area contributed by atoms with Crippen molar-refractivity contribution in [1.29, 1.82) is 0 Å². The van der Waals surface area contributed by atoms with E-state index in [9.17, 15) is 4.79 Å². The lowest BCUT2D eigenvalue weighted by Crippen LogP contribution is -2.36. The Kier molecular flexibility index (Phi) is 3.62. The molecule has 0 aliphatic carbocycles. The van der Waals surface area contributed by atoms with E-state index >= 15 is 0 Å². The van der Waals surface area contributed by atoms with Gasteiger partial charge in [-0.3, -0.25) is 4.98 Å². The Hall–Kier alpha value is -2.37. The van der Waals surface area contributed by atoms with Gasteiger partial charge in [0, 0.05) is 50.0 Å². The number of carbonyl (C=O) groups excluding carboxylic acids is 1. The summed E-state index contributed by atoms with van der Waals surface area (Å²) in [5.41, 5.74) is 0.748. The van der Waals surface area contributed by atoms with Crippen LogP contribution in [0.4, 0.5) is 10.5 Å². The number of nitrogens with zero attached hydrogens (tertiary/aromatic N) is 3. The van der Waals surface area contributed by atoms with E-state index in [-0.39, 0.29) is 6.03 Å². The van der Waals surface area contributed by atoms with Crippen LogP contribution in [0.2, 0.25) is 0 Å². The van der Waals surface area contributed by atoms with E-state index in [1.165, 1.54) is 0 Å². The highest BCUT2D eigenvalue weighted by atomic mass is 16.2. The molecule has 20 heavy (non-hydrogen) atoms. The fourth-order valence-electron chi connectivity index (χ4n) is 2.45. The number of amides is 2. The molecule has 3 rings (SSSR count). The van der Waals surface area contributed by atoms with Gasteiger partial charge in [-0.25, -0.2) is 9.78 Å². The van der Waals surface area contributed by atoms with Crippen molar-refractivity contribution in [3.8, 4) is 0 Å². The molecule has 0 unspecified atom stereocenters. The number of aryl methyl sites for hydroxylation is 1. The van der Waals surface area contributed by atoms with Gasteiger partial charge in [0.15, 0.2) is 0 Å². The Morgan fingerprint density at radius 2 is 2.20 bits per heavy atom. The van der Waals surface area contributed by atoms with Crippen LogP contribution in [0, 0.1) is 5.92 Å². The van der Waals surface area contributed by atoms with Crippen LogP contribution in [-0.2, 0) is 13.0 Å². The van der Waals surface area contributed by atoms with Crippen LogP contribution in [-0.4, -0.2) is 27.1 Å². The molecule has 6 nitrogen and oxygen atoms in total. The maximum absolute atomic E-state index is 11.8. The van der Waals surface area contributed by atoms with Crippen molar-refractivity contribution < 1.29 is 4.79 Å². The Balaban J connectivity index is 1.47. The predicted octanol–water partition coefficient (Wildman–Crippen LogP) is 1.66. The van der Waals surface area contributed by atoms with Crippen molar-refractivity contribution in [1.82, 2.24) is 19.9 Å². The molecule has 2 N–H and O–H groups in total. The van der Waals surface area contributed by atoms with Gasteiger partial charge >= 0.3 is 6.03 Å². The highest BCUT2D eigenvalue weighted by Crippen LogP contribution is 2.17. The number of imidazole rings is 1. The van der Waals surface area contributed by atoms with Gasteiger partial charge in [-0.05, 0) is 24.5 Å². The van der Waals surface area contributed by atoms with E-state index < -0.39 is 0 Å². The van der Waals surface area contributed by atoms with Crippen LogP contribution in [0.25, 0.3) is 0 Å². The third kappa shape index (κ3) is 2.96. The van der Waals surface area contributed by atoms with Gasteiger partial charge in [0.2, 0.25) is 0 Å². The normalized spacial score (nSPS) is 17.3. The van der Waals surface area contributed by atoms with Crippen LogP contribution >= 0.6 is 0 Å². The van der Waals surface area contributed by atoms with E-state index in [1.54, 1.807) is 24.5 Å². The van der Waals surface area contributed by atoms with Gasteiger partial charge in [-0.2, -0.15) is 0 Å². The van der Waals surface area contributed by atoms with Gasteiger partial charge in [0.05, 0.1) is 0 Å². The average Bonchev–Trinajstić information content (AvgIpc) is 2.93. The zero-order valence-corrected chi connectivity index (χ0v) is 11.1. The number of fused-ring (bicyclic) bond motifs is 1. The maximum Gasteiger partial charge on any atom is 0.319 e. The lowest BCUT2D eigenvalue weighted by molar-refractivity contribution is 0.247. The summed E-state index contributed by atoms with van der Waals surface area (Å²) < 4.78 is 2.16. The van der Waals surface area contributed by atoms with Crippen molar-refractivity contribution in [3.05, 3.63) is 42.7 Å². The fraction of sp³-hybridized carbons (Fsp3) is 0.357. The monoisotopic (exact) mass is 271 g/mol. The summed E-state index contributed by atoms with van der Waals surface area (Å²) in [6.45, 7) is 1.60. The smallest absolute Gasteiger partial charge is 0.319 e. The third-order valence-corrected chi connectivity index (χ3v) is 3.52. The highest BCUT2D eigenvalue weighted by molar-refractivity contribution is 5.89. The second-order valence-electron chi connectivity index (χ2n) is 4.97. The number of rotatable bonds is 3. The van der Waals surface area contributed by atoms with Gasteiger partial charge in [-0.15, -0.1) is 0 Å². The molecule has 2 aromatic heterocycles. The first-order valence-electron chi connectivity index (χ1n) is 6.76. The van der Waals surface area contributed by atoms with Crippen LogP contribution in [0.1, 0.15) is 12.2 Å². The van der Waals surface area contributed by atoms with E-state index in [0.29, 0.717) is 12.5 Å². The first-order valence-corrected chi connectivity index (χ1v) is 6.76. The summed E-state index contributed by atoms with van der Waals surface area (Å²) >= 11 is 0. The molecule has 0 saturated carbocycles. The largest absolute Gasteiger partial charge is 0.338 e. The molecular formula is C14H17N5O. The lowest BCUT2D eigenvalue weighted by atomic mass is 9.99. The summed E-state index contributed by atoms with van der Waals surface area (Å²) in [5.74, 6) is 1.60. The van der Waals surface area contributed by atoms with Crippen LogP contribution in [0.15, 0.2) is 36.9 Å². The molecule has 2 amide bonds. The molecule has 104 valence electrons. The number of hydrogen-bond donors (Lipinski definition) is 2. The van der Waals surface area contributed by atoms with Crippen molar-refractivity contribution >= 4 is 11.7 Å². The highest BCUT2D eigenvalue weighted by Gasteiger charge is 2.19. The molecule has 1 atom stereocenters. The summed E-state index contributed by atoms with van der Waals surface area (Å²) in [6.07, 6.45) is 9.17. The molecular weight excluding hydrogens is 254 g/mol. The number of nitrogens with one attached hydrogen (secondary N) is 2. The lowest BCUT2D eigenvalue weighted by Gasteiger charge is -2.24. The maximum atomic E-state index is 11.8. The van der Waals surface area contributed by atoms with Crippen LogP contribution in [0.3, 0.4) is 0 Å². The zero-order valence-electron chi connectivity index (χ0n) is 11.1. The first kappa shape index (κ1) is 12.7. The summed E-state index contributed by atoms with van der Waals surface area (Å²) in [5, 5.41) is 5.71. The molecule has 0 bridgehead atoms. The number of anilines is 1. The number of carbonyl (C=O) groups is 1. The van der Waals surface area contributed by atoms with E-state index in [0.717, 1.165) is 30.9 Å². The number of aromatic nitrogens is 3. The second kappa shape index (κ2) is 5.73. The Morgan fingerprint density at radius 1 is 1.35 bits per heavy atom. The number of pyridine rings is 1. The summed E-state index contributed by atoms with van der Waals surface area (Å²) in [6, 6.07) is 3.35. The van der Waals surface area contributed by atoms with Crippen LogP contribution in [0.5, 0.6) is 0 Å². The predicted molar refractivity (Wildman–Crippen MR) is 75.3 cm³/mol. The SMILES string of the molecule is O=C(NC[C@H]1CCc2nccn2C1)Nc1ccncc1. The molecule has 6 heteroatoms. The Labute approximate surface area is 117 Å². The van der Waals surface area contributed by atoms with E-state index in [4.69, 9.17) is 0 Å². The molecule has 1 aliphatic heterocycles. The quantitative estimate of drug-likeness (QED) is 0.891. The van der Waals surface area contributed by atoms with E-state index in [1.807, 2.05) is 12.4 Å². The molecule has 1 aliphatic rings. The van der Waals surface area contributed by atoms with Crippen molar-refractivity contribution in [2.45, 2.75) is 19.4 Å². The van der Waals surface area contributed by atoms with Gasteiger partial charge in [0.1, 0.15) is 5.82 Å². The molecule has 0 saturated heterocycles. The molecule has 0 spiro atoms. The second-order valence-corrected chi connectivity index (χ2v) is 4.97. The van der Waals surface area contributed by atoms with E-state index in [2.05, 4.69) is 25.2 Å². The molecule has 0 aromatic carbocycles. The third-order valence-electron chi connectivity index (χ3n) is 3.52. The average molecular weight is 271 g/mol. The molecule has 0 fully saturated rings. The Morgan fingerprint density at radius 3 is 3.05 bits per heavy atom. The van der Waals surface area contributed by atoms with Crippen molar-refractivity contribution in [2.75, 3.05) is 11.9 Å². The molecule has 3 heterocycles. The van der Waals surface area contributed by atoms with Gasteiger partial charge in [0.25, 0.3) is 0 Å². The molecule has 2 aromatic rings. The van der Waals surface area contributed by atoms with Gasteiger partial charge in [-0.1, -0.05) is 0 Å². The minimum atomic E-state index is -0.173. The minimum Gasteiger partial charge on any atom is -0.338 e. The molecule has 0 radical (unpaired) electrons. The minimum absolute atomic E-state index is 0.173. The van der Waals surface area contributed by atoms with Crippen molar-refractivity contribution in [2.24, 2.45) is 5.92 Å². The van der Waals surface area contributed by atoms with Crippen LogP contribution < -0.4 is 10.6 Å². The number of hydrogen-bond acceptors (Lipinski definition) is 3. The number of urea groups is 1. The topological polar surface area (TPSA) is 71.8 Å². The summed E-state index contributed by atoms with van der Waals surface area (Å²) in [4.78, 5) is 20.0. The van der Waals surface area contributed by atoms with Crippen molar-refractivity contribution in [3.63, 3.8) is 0 Å². The summed E-state index contributed by atoms with van der Waals surface area (Å²) in [7, 11) is 0. The zero-order chi connectivity index (χ0) is 13.8. The standard InChI is InChI=1S/C14H17N5O/c20-14(18-12-3-5-15-6-4-12)17-9-11-1-2-13-16-7-8-19(13)10-11/h3-8,11H,1-2,9-10H2,(H2,15,17,18,20)/t11-/m1/s1.